The number of likely N-dealkylation sites (tertiary alicyclic amines) is 1. The number of nitrogens with one attached hydrogen (secondary N) is 2. The summed E-state index contributed by atoms with van der Waals surface area (Å²) in [6, 6.07) is 8.09. The number of hydrogen-bond donors (Lipinski definition) is 2. The van der Waals surface area contributed by atoms with E-state index in [9.17, 15) is 4.79 Å². The molecule has 2 aromatic rings. The number of imidazole rings is 1. The second-order valence-corrected chi connectivity index (χ2v) is 8.14. The summed E-state index contributed by atoms with van der Waals surface area (Å²) in [5.74, 6) is 0.856. The number of aromatic amines is 1. The smallest absolute Gasteiger partial charge is 0.318 e. The van der Waals surface area contributed by atoms with E-state index in [2.05, 4.69) is 31.2 Å². The van der Waals surface area contributed by atoms with Crippen LogP contribution >= 0.6 is 15.9 Å². The molecule has 0 radical (unpaired) electrons. The first-order chi connectivity index (χ1) is 11.3. The van der Waals surface area contributed by atoms with Crippen molar-refractivity contribution in [2.45, 2.75) is 45.2 Å². The van der Waals surface area contributed by atoms with Crippen molar-refractivity contribution in [1.82, 2.24) is 20.2 Å². The first kappa shape index (κ1) is 17.0. The maximum Gasteiger partial charge on any atom is 0.318 e. The average Bonchev–Trinajstić information content (AvgIpc) is 3.15. The molecule has 1 aliphatic heterocycles. The first-order valence-electron chi connectivity index (χ1n) is 8.23. The van der Waals surface area contributed by atoms with Crippen LogP contribution in [0.15, 0.2) is 34.9 Å². The lowest BCUT2D eigenvalue weighted by Crippen LogP contribution is -2.48. The Morgan fingerprint density at radius 1 is 1.33 bits per heavy atom. The van der Waals surface area contributed by atoms with E-state index in [-0.39, 0.29) is 17.6 Å². The molecule has 6 heteroatoms. The minimum Gasteiger partial charge on any atom is -0.340 e. The van der Waals surface area contributed by atoms with Gasteiger partial charge in [0.25, 0.3) is 0 Å². The average molecular weight is 391 g/mol. The highest BCUT2D eigenvalue weighted by molar-refractivity contribution is 9.10. The molecule has 1 aromatic heterocycles. The third-order valence-electron chi connectivity index (χ3n) is 4.06. The molecule has 0 bridgehead atoms. The zero-order valence-electron chi connectivity index (χ0n) is 14.3. The van der Waals surface area contributed by atoms with Crippen LogP contribution in [0.25, 0.3) is 11.3 Å². The molecule has 24 heavy (non-hydrogen) atoms. The number of rotatable bonds is 2. The van der Waals surface area contributed by atoms with Crippen LogP contribution in [0.3, 0.4) is 0 Å². The number of carbonyl (C=O) groups excluding carboxylic acids is 1. The standard InChI is InChI=1S/C18H23BrN4O/c1-18(2,3)22-17(24)23-10-4-5-15(23)16-20-11-14(21-16)12-6-8-13(19)9-7-12/h6-9,11,15H,4-5,10H2,1-3H3,(H,20,21)(H,22,24)/t15-/m0/s1. The molecule has 3 rings (SSSR count). The van der Waals surface area contributed by atoms with Gasteiger partial charge in [-0.15, -0.1) is 0 Å². The Hall–Kier alpha value is -1.82. The topological polar surface area (TPSA) is 61.0 Å². The van der Waals surface area contributed by atoms with Crippen LogP contribution in [-0.4, -0.2) is 33.0 Å². The first-order valence-corrected chi connectivity index (χ1v) is 9.02. The zero-order chi connectivity index (χ0) is 17.3. The maximum absolute atomic E-state index is 12.5. The summed E-state index contributed by atoms with van der Waals surface area (Å²) in [5.41, 5.74) is 1.82. The molecule has 1 fully saturated rings. The third-order valence-corrected chi connectivity index (χ3v) is 4.59. The van der Waals surface area contributed by atoms with Gasteiger partial charge in [0.1, 0.15) is 5.82 Å². The number of benzene rings is 1. The van der Waals surface area contributed by atoms with Crippen LogP contribution in [0.2, 0.25) is 0 Å². The Balaban J connectivity index is 1.78. The van der Waals surface area contributed by atoms with Gasteiger partial charge in [-0.25, -0.2) is 9.78 Å². The Kier molecular flexibility index (Phi) is 4.67. The minimum absolute atomic E-state index is 0.0107. The summed E-state index contributed by atoms with van der Waals surface area (Å²) >= 11 is 3.45. The summed E-state index contributed by atoms with van der Waals surface area (Å²) in [6.07, 6.45) is 3.78. The monoisotopic (exact) mass is 390 g/mol. The van der Waals surface area contributed by atoms with Crippen LogP contribution in [0.1, 0.15) is 45.5 Å². The van der Waals surface area contributed by atoms with Crippen LogP contribution in [-0.2, 0) is 0 Å². The quantitative estimate of drug-likeness (QED) is 0.793. The predicted octanol–water partition coefficient (Wildman–Crippen LogP) is 4.48. The fraction of sp³-hybridized carbons (Fsp3) is 0.444. The Labute approximate surface area is 151 Å². The summed E-state index contributed by atoms with van der Waals surface area (Å²) in [7, 11) is 0. The van der Waals surface area contributed by atoms with E-state index in [1.165, 1.54) is 0 Å². The van der Waals surface area contributed by atoms with E-state index in [1.54, 1.807) is 0 Å². The van der Waals surface area contributed by atoms with E-state index in [0.717, 1.165) is 40.9 Å². The van der Waals surface area contributed by atoms with Gasteiger partial charge in [-0.05, 0) is 51.3 Å². The minimum atomic E-state index is -0.240. The number of hydrogen-bond acceptors (Lipinski definition) is 2. The van der Waals surface area contributed by atoms with Crippen LogP contribution in [0, 0.1) is 0 Å². The number of H-pyrrole nitrogens is 1. The zero-order valence-corrected chi connectivity index (χ0v) is 15.9. The van der Waals surface area contributed by atoms with Gasteiger partial charge in [0.15, 0.2) is 0 Å². The predicted molar refractivity (Wildman–Crippen MR) is 98.7 cm³/mol. The number of carbonyl (C=O) groups is 1. The second-order valence-electron chi connectivity index (χ2n) is 7.22. The number of urea groups is 1. The SMILES string of the molecule is CC(C)(C)NC(=O)N1CCC[C@H]1c1ncc(-c2ccc(Br)cc2)[nH]1. The lowest BCUT2D eigenvalue weighted by atomic mass is 10.1. The van der Waals surface area contributed by atoms with Crippen molar-refractivity contribution >= 4 is 22.0 Å². The summed E-state index contributed by atoms with van der Waals surface area (Å²) in [5, 5.41) is 3.05. The van der Waals surface area contributed by atoms with E-state index in [1.807, 2.05) is 56.1 Å². The highest BCUT2D eigenvalue weighted by Gasteiger charge is 2.33. The van der Waals surface area contributed by atoms with Crippen molar-refractivity contribution in [3.05, 3.63) is 40.8 Å². The van der Waals surface area contributed by atoms with Crippen molar-refractivity contribution in [3.63, 3.8) is 0 Å². The summed E-state index contributed by atoms with van der Waals surface area (Å²) in [4.78, 5) is 22.3. The van der Waals surface area contributed by atoms with Gasteiger partial charge in [0, 0.05) is 16.6 Å². The molecule has 0 spiro atoms. The molecule has 0 saturated carbocycles. The van der Waals surface area contributed by atoms with Gasteiger partial charge < -0.3 is 15.2 Å². The van der Waals surface area contributed by atoms with Crippen LogP contribution in [0.4, 0.5) is 4.79 Å². The molecule has 5 nitrogen and oxygen atoms in total. The van der Waals surface area contributed by atoms with Gasteiger partial charge in [-0.3, -0.25) is 0 Å². The number of aromatic nitrogens is 2. The van der Waals surface area contributed by atoms with Crippen LogP contribution < -0.4 is 5.32 Å². The highest BCUT2D eigenvalue weighted by atomic mass is 79.9. The van der Waals surface area contributed by atoms with E-state index >= 15 is 0 Å². The molecule has 2 amide bonds. The van der Waals surface area contributed by atoms with Gasteiger partial charge in [0.2, 0.25) is 0 Å². The molecular weight excluding hydrogens is 368 g/mol. The molecule has 1 saturated heterocycles. The molecular formula is C18H23BrN4O. The van der Waals surface area contributed by atoms with Crippen molar-refractivity contribution in [1.29, 1.82) is 0 Å². The molecule has 2 heterocycles. The molecule has 2 N–H and O–H groups in total. The molecule has 1 aromatic carbocycles. The number of amides is 2. The van der Waals surface area contributed by atoms with E-state index in [4.69, 9.17) is 0 Å². The Morgan fingerprint density at radius 2 is 2.04 bits per heavy atom. The van der Waals surface area contributed by atoms with Crippen molar-refractivity contribution in [2.75, 3.05) is 6.54 Å². The Morgan fingerprint density at radius 3 is 2.71 bits per heavy atom. The lowest BCUT2D eigenvalue weighted by Gasteiger charge is -2.28. The van der Waals surface area contributed by atoms with Crippen LogP contribution in [0.5, 0.6) is 0 Å². The molecule has 128 valence electrons. The third kappa shape index (κ3) is 3.80. The van der Waals surface area contributed by atoms with Gasteiger partial charge in [0.05, 0.1) is 17.9 Å². The number of nitrogens with zero attached hydrogens (tertiary/aromatic N) is 2. The van der Waals surface area contributed by atoms with Crippen molar-refractivity contribution in [2.24, 2.45) is 0 Å². The van der Waals surface area contributed by atoms with Crippen molar-refractivity contribution < 1.29 is 4.79 Å². The highest BCUT2D eigenvalue weighted by Crippen LogP contribution is 2.32. The largest absolute Gasteiger partial charge is 0.340 e. The van der Waals surface area contributed by atoms with E-state index < -0.39 is 0 Å². The summed E-state index contributed by atoms with van der Waals surface area (Å²) < 4.78 is 1.05. The Bertz CT molecular complexity index is 717. The normalized spacial score (nSPS) is 18.0. The molecule has 1 atom stereocenters. The summed E-state index contributed by atoms with van der Waals surface area (Å²) in [6.45, 7) is 6.75. The molecule has 0 aliphatic carbocycles. The van der Waals surface area contributed by atoms with Crippen molar-refractivity contribution in [3.8, 4) is 11.3 Å². The van der Waals surface area contributed by atoms with Gasteiger partial charge >= 0.3 is 6.03 Å². The van der Waals surface area contributed by atoms with Gasteiger partial charge in [-0.1, -0.05) is 28.1 Å². The fourth-order valence-electron chi connectivity index (χ4n) is 2.97. The molecule has 1 aliphatic rings. The fourth-order valence-corrected chi connectivity index (χ4v) is 3.23. The van der Waals surface area contributed by atoms with E-state index in [0.29, 0.717) is 0 Å². The maximum atomic E-state index is 12.5. The second kappa shape index (κ2) is 6.59. The number of halogens is 1. The lowest BCUT2D eigenvalue weighted by molar-refractivity contribution is 0.182. The van der Waals surface area contributed by atoms with Gasteiger partial charge in [-0.2, -0.15) is 0 Å². The molecule has 0 unspecified atom stereocenters.